The maximum Gasteiger partial charge on any atom is 0.119 e. The van der Waals surface area contributed by atoms with Gasteiger partial charge in [-0.05, 0) is 43.0 Å². The van der Waals surface area contributed by atoms with Crippen molar-refractivity contribution < 1.29 is 9.47 Å². The molecule has 0 saturated heterocycles. The molecule has 112 valence electrons. The Hall–Kier alpha value is -1.06. The molecular weight excluding hydrogens is 250 g/mol. The molecule has 1 aliphatic rings. The van der Waals surface area contributed by atoms with Crippen molar-refractivity contribution >= 4 is 0 Å². The lowest BCUT2D eigenvalue weighted by atomic mass is 10.1. The lowest BCUT2D eigenvalue weighted by molar-refractivity contribution is 0.0754. The molecule has 1 saturated carbocycles. The van der Waals surface area contributed by atoms with Gasteiger partial charge in [0.05, 0.1) is 6.61 Å². The lowest BCUT2D eigenvalue weighted by Crippen LogP contribution is -2.12. The third kappa shape index (κ3) is 5.51. The van der Waals surface area contributed by atoms with Crippen LogP contribution in [0.4, 0.5) is 0 Å². The molecule has 0 atom stereocenters. The van der Waals surface area contributed by atoms with Crippen molar-refractivity contribution in [2.75, 3.05) is 26.4 Å². The highest BCUT2D eigenvalue weighted by Gasteiger charge is 2.14. The fourth-order valence-corrected chi connectivity index (χ4v) is 2.62. The van der Waals surface area contributed by atoms with Crippen LogP contribution in [-0.2, 0) is 11.3 Å². The van der Waals surface area contributed by atoms with Crippen LogP contribution in [0.3, 0.4) is 0 Å². The maximum atomic E-state index is 5.68. The van der Waals surface area contributed by atoms with Crippen LogP contribution in [0.15, 0.2) is 24.3 Å². The summed E-state index contributed by atoms with van der Waals surface area (Å²) in [6, 6.07) is 8.28. The molecule has 0 radical (unpaired) electrons. The second kappa shape index (κ2) is 8.98. The molecule has 0 spiro atoms. The predicted octanol–water partition coefficient (Wildman–Crippen LogP) is 3.38. The average Bonchev–Trinajstić information content (AvgIpc) is 2.99. The summed E-state index contributed by atoms with van der Waals surface area (Å²) in [7, 11) is 0. The minimum absolute atomic E-state index is 0.638. The number of hydrogen-bond donors (Lipinski definition) is 1. The van der Waals surface area contributed by atoms with Gasteiger partial charge in [-0.25, -0.2) is 0 Å². The topological polar surface area (TPSA) is 30.5 Å². The third-order valence-corrected chi connectivity index (χ3v) is 3.83. The monoisotopic (exact) mass is 277 g/mol. The van der Waals surface area contributed by atoms with Gasteiger partial charge in [0.1, 0.15) is 12.4 Å². The smallest absolute Gasteiger partial charge is 0.119 e. The minimum atomic E-state index is 0.638. The van der Waals surface area contributed by atoms with Crippen molar-refractivity contribution in [2.24, 2.45) is 5.92 Å². The van der Waals surface area contributed by atoms with E-state index in [2.05, 4.69) is 24.4 Å². The van der Waals surface area contributed by atoms with Gasteiger partial charge in [-0.2, -0.15) is 0 Å². The molecule has 0 aromatic heterocycles. The van der Waals surface area contributed by atoms with Crippen molar-refractivity contribution in [3.8, 4) is 5.75 Å². The molecule has 2 rings (SSSR count). The highest BCUT2D eigenvalue weighted by Crippen LogP contribution is 2.24. The summed E-state index contributed by atoms with van der Waals surface area (Å²) in [6.07, 6.45) is 5.44. The van der Waals surface area contributed by atoms with Gasteiger partial charge in [0, 0.05) is 13.2 Å². The summed E-state index contributed by atoms with van der Waals surface area (Å²) >= 11 is 0. The SMILES string of the molecule is CCNCc1ccc(OCCOCC2CCCC2)cc1. The Morgan fingerprint density at radius 2 is 1.85 bits per heavy atom. The second-order valence-electron chi connectivity index (χ2n) is 5.50. The molecule has 1 aromatic rings. The zero-order valence-electron chi connectivity index (χ0n) is 12.6. The first-order chi connectivity index (χ1) is 9.88. The van der Waals surface area contributed by atoms with E-state index in [4.69, 9.17) is 9.47 Å². The first kappa shape index (κ1) is 15.3. The van der Waals surface area contributed by atoms with Crippen LogP contribution >= 0.6 is 0 Å². The Morgan fingerprint density at radius 1 is 1.10 bits per heavy atom. The van der Waals surface area contributed by atoms with E-state index in [9.17, 15) is 0 Å². The minimum Gasteiger partial charge on any atom is -0.491 e. The molecule has 1 aliphatic carbocycles. The van der Waals surface area contributed by atoms with E-state index in [1.165, 1.54) is 31.2 Å². The Kier molecular flexibility index (Phi) is 6.89. The van der Waals surface area contributed by atoms with Crippen molar-refractivity contribution in [1.29, 1.82) is 0 Å². The molecule has 0 amide bonds. The fourth-order valence-electron chi connectivity index (χ4n) is 2.62. The number of benzene rings is 1. The van der Waals surface area contributed by atoms with Crippen molar-refractivity contribution in [3.05, 3.63) is 29.8 Å². The van der Waals surface area contributed by atoms with Gasteiger partial charge in [-0.3, -0.25) is 0 Å². The third-order valence-electron chi connectivity index (χ3n) is 3.83. The van der Waals surface area contributed by atoms with Crippen LogP contribution in [-0.4, -0.2) is 26.4 Å². The summed E-state index contributed by atoms with van der Waals surface area (Å²) < 4.78 is 11.4. The van der Waals surface area contributed by atoms with E-state index in [0.29, 0.717) is 13.2 Å². The summed E-state index contributed by atoms with van der Waals surface area (Å²) in [5.41, 5.74) is 1.29. The van der Waals surface area contributed by atoms with E-state index in [0.717, 1.165) is 31.4 Å². The zero-order valence-corrected chi connectivity index (χ0v) is 12.6. The molecule has 3 nitrogen and oxygen atoms in total. The fraction of sp³-hybridized carbons (Fsp3) is 0.647. The van der Waals surface area contributed by atoms with Crippen LogP contribution in [0.25, 0.3) is 0 Å². The van der Waals surface area contributed by atoms with Crippen LogP contribution < -0.4 is 10.1 Å². The number of nitrogens with one attached hydrogen (secondary N) is 1. The van der Waals surface area contributed by atoms with Gasteiger partial charge in [-0.15, -0.1) is 0 Å². The number of ether oxygens (including phenoxy) is 2. The molecular formula is C17H27NO2. The molecule has 1 fully saturated rings. The van der Waals surface area contributed by atoms with Gasteiger partial charge in [0.2, 0.25) is 0 Å². The second-order valence-corrected chi connectivity index (χ2v) is 5.50. The first-order valence-corrected chi connectivity index (χ1v) is 7.88. The van der Waals surface area contributed by atoms with E-state index in [1.54, 1.807) is 0 Å². The van der Waals surface area contributed by atoms with Crippen molar-refractivity contribution in [2.45, 2.75) is 39.2 Å². The maximum absolute atomic E-state index is 5.68. The highest BCUT2D eigenvalue weighted by atomic mass is 16.5. The number of rotatable bonds is 9. The number of hydrogen-bond acceptors (Lipinski definition) is 3. The van der Waals surface area contributed by atoms with Gasteiger partial charge < -0.3 is 14.8 Å². The molecule has 0 unspecified atom stereocenters. The average molecular weight is 277 g/mol. The van der Waals surface area contributed by atoms with E-state index >= 15 is 0 Å². The first-order valence-electron chi connectivity index (χ1n) is 7.88. The Morgan fingerprint density at radius 3 is 2.55 bits per heavy atom. The van der Waals surface area contributed by atoms with Crippen molar-refractivity contribution in [3.63, 3.8) is 0 Å². The Balaban J connectivity index is 1.56. The van der Waals surface area contributed by atoms with E-state index in [-0.39, 0.29) is 0 Å². The molecule has 0 heterocycles. The van der Waals surface area contributed by atoms with E-state index in [1.807, 2.05) is 12.1 Å². The summed E-state index contributed by atoms with van der Waals surface area (Å²) in [5, 5.41) is 3.31. The van der Waals surface area contributed by atoms with E-state index < -0.39 is 0 Å². The summed E-state index contributed by atoms with van der Waals surface area (Å²) in [4.78, 5) is 0. The summed E-state index contributed by atoms with van der Waals surface area (Å²) in [6.45, 7) is 6.26. The highest BCUT2D eigenvalue weighted by molar-refractivity contribution is 5.27. The normalized spacial score (nSPS) is 15.7. The zero-order chi connectivity index (χ0) is 14.0. The lowest BCUT2D eigenvalue weighted by Gasteiger charge is -2.11. The predicted molar refractivity (Wildman–Crippen MR) is 82.1 cm³/mol. The Bertz CT molecular complexity index is 358. The molecule has 0 bridgehead atoms. The Labute approximate surface area is 122 Å². The van der Waals surface area contributed by atoms with Gasteiger partial charge in [0.15, 0.2) is 0 Å². The van der Waals surface area contributed by atoms with Gasteiger partial charge in [0.25, 0.3) is 0 Å². The molecule has 0 aliphatic heterocycles. The molecule has 3 heteroatoms. The quantitative estimate of drug-likeness (QED) is 0.702. The molecule has 1 N–H and O–H groups in total. The van der Waals surface area contributed by atoms with Crippen LogP contribution in [0, 0.1) is 5.92 Å². The molecule has 20 heavy (non-hydrogen) atoms. The standard InChI is InChI=1S/C17H27NO2/c1-2-18-13-15-7-9-17(10-8-15)20-12-11-19-14-16-5-3-4-6-16/h7-10,16,18H,2-6,11-14H2,1H3. The van der Waals surface area contributed by atoms with Crippen molar-refractivity contribution in [1.82, 2.24) is 5.32 Å². The van der Waals surface area contributed by atoms with Crippen LogP contribution in [0.5, 0.6) is 5.75 Å². The van der Waals surface area contributed by atoms with Crippen LogP contribution in [0.2, 0.25) is 0 Å². The molecule has 1 aromatic carbocycles. The van der Waals surface area contributed by atoms with Gasteiger partial charge >= 0.3 is 0 Å². The largest absolute Gasteiger partial charge is 0.491 e. The summed E-state index contributed by atoms with van der Waals surface area (Å²) in [5.74, 6) is 1.72. The van der Waals surface area contributed by atoms with Gasteiger partial charge in [-0.1, -0.05) is 31.9 Å². The van der Waals surface area contributed by atoms with Crippen LogP contribution in [0.1, 0.15) is 38.2 Å².